The zero-order valence-corrected chi connectivity index (χ0v) is 18.5. The first-order chi connectivity index (χ1) is 10.7. The molecule has 0 aliphatic carbocycles. The van der Waals surface area contributed by atoms with Crippen LogP contribution >= 0.6 is 0 Å². The van der Waals surface area contributed by atoms with Crippen LogP contribution in [0.4, 0.5) is 0 Å². The van der Waals surface area contributed by atoms with Crippen LogP contribution in [-0.2, 0) is 0 Å². The van der Waals surface area contributed by atoms with Crippen LogP contribution in [0.1, 0.15) is 121 Å². The van der Waals surface area contributed by atoms with Crippen molar-refractivity contribution in [1.29, 1.82) is 0 Å². The molecule has 0 bridgehead atoms. The second kappa shape index (κ2) is 14.4. The smallest absolute Gasteiger partial charge is 0.0340 e. The fourth-order valence-electron chi connectivity index (χ4n) is 3.92. The predicted octanol–water partition coefficient (Wildman–Crippen LogP) is 8.74. The van der Waals surface area contributed by atoms with Crippen molar-refractivity contribution < 1.29 is 0 Å². The molecule has 142 valence electrons. The summed E-state index contributed by atoms with van der Waals surface area (Å²) in [5.74, 6) is 3.59. The quantitative estimate of drug-likeness (QED) is 0.356. The van der Waals surface area contributed by atoms with Gasteiger partial charge in [0.1, 0.15) is 0 Å². The van der Waals surface area contributed by atoms with Gasteiger partial charge in [0.15, 0.2) is 0 Å². The summed E-state index contributed by atoms with van der Waals surface area (Å²) >= 11 is 0. The molecular weight excluding hydrogens is 276 g/mol. The molecule has 4 atom stereocenters. The lowest BCUT2D eigenvalue weighted by molar-refractivity contribution is 0.142. The Morgan fingerprint density at radius 3 is 1.57 bits per heavy atom. The Hall–Kier alpha value is 0. The second-order valence-electron chi connectivity index (χ2n) is 8.87. The summed E-state index contributed by atoms with van der Waals surface area (Å²) < 4.78 is 0. The maximum atomic E-state index is 2.47. The van der Waals surface area contributed by atoms with Crippen LogP contribution < -0.4 is 0 Å². The highest BCUT2D eigenvalue weighted by molar-refractivity contribution is 4.78. The molecule has 0 spiro atoms. The second-order valence-corrected chi connectivity index (χ2v) is 8.87. The highest BCUT2D eigenvalue weighted by Crippen LogP contribution is 2.38. The highest BCUT2D eigenvalue weighted by Gasteiger charge is 2.28. The molecule has 0 aliphatic rings. The van der Waals surface area contributed by atoms with Crippen molar-refractivity contribution >= 4 is 0 Å². The van der Waals surface area contributed by atoms with Gasteiger partial charge in [-0.1, -0.05) is 114 Å². The largest absolute Gasteiger partial charge is 0.0683 e. The highest BCUT2D eigenvalue weighted by atomic mass is 14.3. The van der Waals surface area contributed by atoms with Crippen molar-refractivity contribution in [3.63, 3.8) is 0 Å². The Bertz CT molecular complexity index is 235. The SMILES string of the molecule is CC.CCCC(C)CCCC(C)CCC(C(C)CC)C(C)(C)C. The van der Waals surface area contributed by atoms with Crippen molar-refractivity contribution in [2.75, 3.05) is 0 Å². The van der Waals surface area contributed by atoms with Crippen molar-refractivity contribution in [2.24, 2.45) is 29.1 Å². The maximum absolute atomic E-state index is 2.47. The van der Waals surface area contributed by atoms with E-state index in [0.717, 1.165) is 23.7 Å². The van der Waals surface area contributed by atoms with E-state index >= 15 is 0 Å². The Balaban J connectivity index is 0. The van der Waals surface area contributed by atoms with Crippen LogP contribution in [0.3, 0.4) is 0 Å². The third-order valence-electron chi connectivity index (χ3n) is 5.59. The number of hydrogen-bond donors (Lipinski definition) is 0. The summed E-state index contributed by atoms with van der Waals surface area (Å²) in [5, 5.41) is 0. The molecule has 0 nitrogen and oxygen atoms in total. The molecule has 0 radical (unpaired) electrons. The normalized spacial score (nSPS) is 17.0. The molecule has 0 saturated heterocycles. The van der Waals surface area contributed by atoms with E-state index in [2.05, 4.69) is 55.4 Å². The van der Waals surface area contributed by atoms with E-state index in [1.54, 1.807) is 0 Å². The van der Waals surface area contributed by atoms with Gasteiger partial charge in [-0.05, 0) is 35.5 Å². The van der Waals surface area contributed by atoms with E-state index in [0.29, 0.717) is 5.41 Å². The van der Waals surface area contributed by atoms with E-state index in [-0.39, 0.29) is 0 Å². The molecule has 23 heavy (non-hydrogen) atoms. The first kappa shape index (κ1) is 25.2. The van der Waals surface area contributed by atoms with E-state index < -0.39 is 0 Å². The van der Waals surface area contributed by atoms with E-state index in [1.165, 1.54) is 51.4 Å². The Kier molecular flexibility index (Phi) is 15.8. The van der Waals surface area contributed by atoms with E-state index in [1.807, 2.05) is 13.8 Å². The topological polar surface area (TPSA) is 0 Å². The third kappa shape index (κ3) is 13.0. The minimum absolute atomic E-state index is 0.463. The molecule has 0 fully saturated rings. The van der Waals surface area contributed by atoms with Crippen LogP contribution in [0.2, 0.25) is 0 Å². The minimum Gasteiger partial charge on any atom is -0.0683 e. The molecule has 0 aromatic rings. The molecule has 0 N–H and O–H groups in total. The molecular formula is C23H50. The fraction of sp³-hybridized carbons (Fsp3) is 1.00. The summed E-state index contributed by atoms with van der Waals surface area (Å²) in [5.41, 5.74) is 0.463. The molecule has 0 aromatic heterocycles. The zero-order valence-electron chi connectivity index (χ0n) is 18.5. The van der Waals surface area contributed by atoms with Crippen LogP contribution in [0.25, 0.3) is 0 Å². The van der Waals surface area contributed by atoms with E-state index in [9.17, 15) is 0 Å². The molecule has 0 rings (SSSR count). The molecule has 4 unspecified atom stereocenters. The molecule has 0 amide bonds. The lowest BCUT2D eigenvalue weighted by Crippen LogP contribution is -2.27. The molecule has 0 aromatic carbocycles. The Labute approximate surface area is 150 Å². The van der Waals surface area contributed by atoms with Crippen LogP contribution in [0.15, 0.2) is 0 Å². The molecule has 0 heterocycles. The monoisotopic (exact) mass is 326 g/mol. The van der Waals surface area contributed by atoms with Gasteiger partial charge in [0, 0.05) is 0 Å². The zero-order chi connectivity index (χ0) is 18.5. The van der Waals surface area contributed by atoms with Crippen LogP contribution in [-0.4, -0.2) is 0 Å². The van der Waals surface area contributed by atoms with Crippen molar-refractivity contribution in [1.82, 2.24) is 0 Å². The first-order valence-electron chi connectivity index (χ1n) is 10.7. The summed E-state index contributed by atoms with van der Waals surface area (Å²) in [6, 6.07) is 0. The molecule has 0 aliphatic heterocycles. The van der Waals surface area contributed by atoms with Crippen LogP contribution in [0, 0.1) is 29.1 Å². The predicted molar refractivity (Wildman–Crippen MR) is 110 cm³/mol. The summed E-state index contributed by atoms with van der Waals surface area (Å²) in [6.07, 6.45) is 11.2. The fourth-order valence-corrected chi connectivity index (χ4v) is 3.92. The number of rotatable bonds is 11. The standard InChI is InChI=1S/C21H44.C2H6/c1-9-12-17(3)13-11-14-18(4)15-16-20(19(5)10-2)21(6,7)8;1-2/h17-20H,9-16H2,1-8H3;1-2H3. The van der Waals surface area contributed by atoms with Gasteiger partial charge in [-0.25, -0.2) is 0 Å². The van der Waals surface area contributed by atoms with Crippen molar-refractivity contribution in [3.8, 4) is 0 Å². The number of hydrogen-bond acceptors (Lipinski definition) is 0. The Morgan fingerprint density at radius 1 is 0.696 bits per heavy atom. The van der Waals surface area contributed by atoms with Crippen LogP contribution in [0.5, 0.6) is 0 Å². The van der Waals surface area contributed by atoms with Crippen molar-refractivity contribution in [3.05, 3.63) is 0 Å². The first-order valence-corrected chi connectivity index (χ1v) is 10.7. The summed E-state index contributed by atoms with van der Waals surface area (Å²) in [6.45, 7) is 23.3. The van der Waals surface area contributed by atoms with Gasteiger partial charge in [0.2, 0.25) is 0 Å². The van der Waals surface area contributed by atoms with Crippen molar-refractivity contribution in [2.45, 2.75) is 121 Å². The lowest BCUT2D eigenvalue weighted by atomic mass is 9.70. The summed E-state index contributed by atoms with van der Waals surface area (Å²) in [4.78, 5) is 0. The molecule has 0 heteroatoms. The average molecular weight is 327 g/mol. The maximum Gasteiger partial charge on any atom is -0.0340 e. The Morgan fingerprint density at radius 2 is 1.17 bits per heavy atom. The van der Waals surface area contributed by atoms with Gasteiger partial charge in [-0.15, -0.1) is 0 Å². The lowest BCUT2D eigenvalue weighted by Gasteiger charge is -2.36. The van der Waals surface area contributed by atoms with Gasteiger partial charge < -0.3 is 0 Å². The summed E-state index contributed by atoms with van der Waals surface area (Å²) in [7, 11) is 0. The third-order valence-corrected chi connectivity index (χ3v) is 5.59. The minimum atomic E-state index is 0.463. The van der Waals surface area contributed by atoms with Gasteiger partial charge in [-0.2, -0.15) is 0 Å². The van der Waals surface area contributed by atoms with Gasteiger partial charge in [0.05, 0.1) is 0 Å². The average Bonchev–Trinajstić information content (AvgIpc) is 2.48. The van der Waals surface area contributed by atoms with Gasteiger partial charge >= 0.3 is 0 Å². The molecule has 0 saturated carbocycles. The van der Waals surface area contributed by atoms with Gasteiger partial charge in [0.25, 0.3) is 0 Å². The van der Waals surface area contributed by atoms with Gasteiger partial charge in [-0.3, -0.25) is 0 Å². The van der Waals surface area contributed by atoms with E-state index in [4.69, 9.17) is 0 Å².